The van der Waals surface area contributed by atoms with Gasteiger partial charge in [0.2, 0.25) is 0 Å². The fourth-order valence-corrected chi connectivity index (χ4v) is 3.56. The van der Waals surface area contributed by atoms with Gasteiger partial charge in [-0.2, -0.15) is 0 Å². The van der Waals surface area contributed by atoms with Gasteiger partial charge in [0.05, 0.1) is 0 Å². The van der Waals surface area contributed by atoms with Gasteiger partial charge in [-0.1, -0.05) is 15.9 Å². The number of hydrogen-bond acceptors (Lipinski definition) is 4. The average Bonchev–Trinajstić information content (AvgIpc) is 2.77. The molecule has 0 bridgehead atoms. The van der Waals surface area contributed by atoms with Crippen molar-refractivity contribution >= 4 is 31.6 Å². The van der Waals surface area contributed by atoms with Crippen molar-refractivity contribution in [2.45, 2.75) is 32.3 Å². The van der Waals surface area contributed by atoms with Crippen LogP contribution in [-0.4, -0.2) is 13.5 Å². The Labute approximate surface area is 132 Å². The van der Waals surface area contributed by atoms with Crippen molar-refractivity contribution in [3.63, 3.8) is 0 Å². The molecule has 114 valence electrons. The third-order valence-electron chi connectivity index (χ3n) is 3.06. The molecule has 21 heavy (non-hydrogen) atoms. The number of aliphatic hydroxyl groups excluding tert-OH is 1. The molecule has 0 saturated carbocycles. The smallest absolute Gasteiger partial charge is 0.265 e. The number of sulfonamides is 1. The van der Waals surface area contributed by atoms with E-state index >= 15 is 0 Å². The quantitative estimate of drug-likeness (QED) is 0.861. The Morgan fingerprint density at radius 1 is 1.19 bits per heavy atom. The molecule has 7 heteroatoms. The number of benzene rings is 1. The zero-order chi connectivity index (χ0) is 15.8. The molecule has 1 aromatic heterocycles. The van der Waals surface area contributed by atoms with Gasteiger partial charge in [-0.05, 0) is 44.0 Å². The van der Waals surface area contributed by atoms with Crippen molar-refractivity contribution in [1.29, 1.82) is 0 Å². The lowest BCUT2D eigenvalue weighted by Gasteiger charge is -2.10. The lowest BCUT2D eigenvalue weighted by Crippen LogP contribution is -2.13. The first kappa shape index (κ1) is 16.1. The van der Waals surface area contributed by atoms with Crippen molar-refractivity contribution < 1.29 is 17.9 Å². The first-order valence-corrected chi connectivity index (χ1v) is 8.52. The number of furan rings is 1. The average molecular weight is 374 g/mol. The number of aliphatic hydroxyl groups is 1. The Morgan fingerprint density at radius 2 is 1.76 bits per heavy atom. The van der Waals surface area contributed by atoms with Crippen LogP contribution in [0.2, 0.25) is 0 Å². The summed E-state index contributed by atoms with van der Waals surface area (Å²) in [5.74, 6) is 0.466. The molecule has 0 radical (unpaired) electrons. The van der Waals surface area contributed by atoms with Gasteiger partial charge in [-0.25, -0.2) is 8.42 Å². The molecular formula is C14H16BrNO4S. The summed E-state index contributed by atoms with van der Waals surface area (Å²) in [6, 6.07) is 4.82. The van der Waals surface area contributed by atoms with Crippen molar-refractivity contribution in [3.05, 3.63) is 45.3 Å². The molecule has 0 fully saturated rings. The summed E-state index contributed by atoms with van der Waals surface area (Å²) in [6.45, 7) is 4.99. The molecule has 2 rings (SSSR count). The van der Waals surface area contributed by atoms with Crippen LogP contribution in [0.25, 0.3) is 0 Å². The molecule has 0 aliphatic carbocycles. The van der Waals surface area contributed by atoms with E-state index in [-0.39, 0.29) is 23.0 Å². The maximum atomic E-state index is 12.4. The fourth-order valence-electron chi connectivity index (χ4n) is 2.08. The summed E-state index contributed by atoms with van der Waals surface area (Å²) in [6.07, 6.45) is 0. The van der Waals surface area contributed by atoms with Gasteiger partial charge in [-0.15, -0.1) is 0 Å². The van der Waals surface area contributed by atoms with Gasteiger partial charge >= 0.3 is 0 Å². The standard InChI is InChI=1S/C14H16BrNO4S/c1-8-4-11(5-9(2)14(8)15)16-21(18,19)13-6-12(7-17)20-10(13)3/h4-6,16-17H,7H2,1-3H3. The van der Waals surface area contributed by atoms with Crippen LogP contribution in [0.15, 0.2) is 32.0 Å². The van der Waals surface area contributed by atoms with Gasteiger partial charge in [0.25, 0.3) is 10.0 Å². The highest BCUT2D eigenvalue weighted by Crippen LogP contribution is 2.28. The molecule has 2 N–H and O–H groups in total. The maximum absolute atomic E-state index is 12.4. The van der Waals surface area contributed by atoms with E-state index in [1.165, 1.54) is 6.07 Å². The Balaban J connectivity index is 2.39. The van der Waals surface area contributed by atoms with Crippen molar-refractivity contribution in [3.8, 4) is 0 Å². The lowest BCUT2D eigenvalue weighted by atomic mass is 10.1. The predicted molar refractivity (Wildman–Crippen MR) is 83.8 cm³/mol. The number of rotatable bonds is 4. The minimum absolute atomic E-state index is 0.0322. The second-order valence-corrected chi connectivity index (χ2v) is 7.26. The summed E-state index contributed by atoms with van der Waals surface area (Å²) >= 11 is 3.44. The van der Waals surface area contributed by atoms with E-state index in [0.717, 1.165) is 15.6 Å². The molecule has 2 aromatic rings. The summed E-state index contributed by atoms with van der Waals surface area (Å²) in [5, 5.41) is 9.02. The van der Waals surface area contributed by atoms with Crippen molar-refractivity contribution in [2.24, 2.45) is 0 Å². The second kappa shape index (κ2) is 5.82. The molecule has 0 saturated heterocycles. The van der Waals surface area contributed by atoms with E-state index in [1.807, 2.05) is 13.8 Å². The van der Waals surface area contributed by atoms with Crippen LogP contribution in [0.5, 0.6) is 0 Å². The summed E-state index contributed by atoms with van der Waals surface area (Å²) < 4.78 is 33.5. The molecule has 5 nitrogen and oxygen atoms in total. The number of nitrogens with one attached hydrogen (secondary N) is 1. The Bertz CT molecular complexity index is 757. The first-order valence-electron chi connectivity index (χ1n) is 6.24. The third-order valence-corrected chi connectivity index (χ3v) is 5.80. The topological polar surface area (TPSA) is 79.5 Å². The monoisotopic (exact) mass is 373 g/mol. The van der Waals surface area contributed by atoms with Crippen molar-refractivity contribution in [2.75, 3.05) is 4.72 Å². The van der Waals surface area contributed by atoms with Crippen LogP contribution in [-0.2, 0) is 16.6 Å². The third kappa shape index (κ3) is 3.30. The minimum Gasteiger partial charge on any atom is -0.462 e. The molecule has 0 spiro atoms. The Morgan fingerprint density at radius 3 is 2.24 bits per heavy atom. The zero-order valence-electron chi connectivity index (χ0n) is 11.9. The fraction of sp³-hybridized carbons (Fsp3) is 0.286. The SMILES string of the molecule is Cc1cc(NS(=O)(=O)c2cc(CO)oc2C)cc(C)c1Br. The van der Waals surface area contributed by atoms with Gasteiger partial charge in [0.1, 0.15) is 23.0 Å². The number of anilines is 1. The normalized spacial score (nSPS) is 11.7. The molecule has 0 atom stereocenters. The van der Waals surface area contributed by atoms with Crippen LogP contribution >= 0.6 is 15.9 Å². The number of aryl methyl sites for hydroxylation is 3. The molecule has 1 heterocycles. The van der Waals surface area contributed by atoms with Crippen LogP contribution < -0.4 is 4.72 Å². The summed E-state index contributed by atoms with van der Waals surface area (Å²) in [5.41, 5.74) is 2.36. The van der Waals surface area contributed by atoms with Gasteiger partial charge in [0.15, 0.2) is 0 Å². The van der Waals surface area contributed by atoms with Gasteiger partial charge < -0.3 is 9.52 Å². The van der Waals surface area contributed by atoms with Crippen LogP contribution in [0.3, 0.4) is 0 Å². The maximum Gasteiger partial charge on any atom is 0.265 e. The highest BCUT2D eigenvalue weighted by Gasteiger charge is 2.21. The molecular weight excluding hydrogens is 358 g/mol. The van der Waals surface area contributed by atoms with Gasteiger partial charge in [-0.3, -0.25) is 4.72 Å². The van der Waals surface area contributed by atoms with Crippen molar-refractivity contribution in [1.82, 2.24) is 0 Å². The molecule has 0 amide bonds. The summed E-state index contributed by atoms with van der Waals surface area (Å²) in [4.78, 5) is 0.0322. The van der Waals surface area contributed by atoms with E-state index in [0.29, 0.717) is 5.69 Å². The summed E-state index contributed by atoms with van der Waals surface area (Å²) in [7, 11) is -3.75. The Kier molecular flexibility index (Phi) is 4.46. The van der Waals surface area contributed by atoms with E-state index in [4.69, 9.17) is 9.52 Å². The number of hydrogen-bond donors (Lipinski definition) is 2. The van der Waals surface area contributed by atoms with E-state index in [2.05, 4.69) is 20.7 Å². The van der Waals surface area contributed by atoms with Gasteiger partial charge in [0, 0.05) is 16.2 Å². The van der Waals surface area contributed by atoms with Crippen LogP contribution in [0.1, 0.15) is 22.6 Å². The zero-order valence-corrected chi connectivity index (χ0v) is 14.3. The highest BCUT2D eigenvalue weighted by atomic mass is 79.9. The molecule has 0 aliphatic heterocycles. The first-order chi connectivity index (χ1) is 9.74. The lowest BCUT2D eigenvalue weighted by molar-refractivity contribution is 0.245. The largest absolute Gasteiger partial charge is 0.462 e. The van der Waals surface area contributed by atoms with E-state index in [1.54, 1.807) is 19.1 Å². The van der Waals surface area contributed by atoms with Crippen LogP contribution in [0, 0.1) is 20.8 Å². The number of halogens is 1. The van der Waals surface area contributed by atoms with Crippen LogP contribution in [0.4, 0.5) is 5.69 Å². The molecule has 0 aliphatic rings. The highest BCUT2D eigenvalue weighted by molar-refractivity contribution is 9.10. The minimum atomic E-state index is -3.75. The molecule has 1 aromatic carbocycles. The van der Waals surface area contributed by atoms with E-state index in [9.17, 15) is 8.42 Å². The molecule has 0 unspecified atom stereocenters. The second-order valence-electron chi connectivity index (χ2n) is 4.82. The predicted octanol–water partition coefficient (Wildman–Crippen LogP) is 3.26. The van der Waals surface area contributed by atoms with E-state index < -0.39 is 10.0 Å². The Hall–Kier alpha value is -1.31.